The van der Waals surface area contributed by atoms with E-state index in [2.05, 4.69) is 0 Å². The van der Waals surface area contributed by atoms with E-state index in [-0.39, 0.29) is 6.03 Å². The van der Waals surface area contributed by atoms with E-state index in [4.69, 9.17) is 0 Å². The van der Waals surface area contributed by atoms with Crippen molar-refractivity contribution in [3.8, 4) is 0 Å². The first-order valence-corrected chi connectivity index (χ1v) is 6.73. The van der Waals surface area contributed by atoms with Crippen molar-refractivity contribution >= 4 is 12.0 Å². The Kier molecular flexibility index (Phi) is 5.17. The lowest BCUT2D eigenvalue weighted by Gasteiger charge is -2.43. The number of piperidine rings is 1. The highest BCUT2D eigenvalue weighted by Gasteiger charge is 2.44. The number of rotatable bonds is 4. The molecule has 0 radical (unpaired) electrons. The van der Waals surface area contributed by atoms with E-state index in [0.717, 1.165) is 12.8 Å². The maximum absolute atomic E-state index is 12.3. The maximum Gasteiger partial charge on any atom is 0.329 e. The molecule has 1 aliphatic rings. The predicted octanol–water partition coefficient (Wildman–Crippen LogP) is 1.14. The molecule has 0 aliphatic carbocycles. The maximum atomic E-state index is 12.3. The SMILES string of the molecule is CC(O)CCN(C)C(=O)N1CCCCC1(C)C(=O)O. The van der Waals surface area contributed by atoms with Crippen molar-refractivity contribution in [3.05, 3.63) is 0 Å². The third-order valence-corrected chi connectivity index (χ3v) is 3.79. The third-order valence-electron chi connectivity index (χ3n) is 3.79. The van der Waals surface area contributed by atoms with Gasteiger partial charge in [0, 0.05) is 20.1 Å². The Morgan fingerprint density at radius 3 is 2.58 bits per heavy atom. The summed E-state index contributed by atoms with van der Waals surface area (Å²) in [6, 6.07) is -0.273. The van der Waals surface area contributed by atoms with Crippen LogP contribution < -0.4 is 0 Å². The largest absolute Gasteiger partial charge is 0.480 e. The van der Waals surface area contributed by atoms with Gasteiger partial charge >= 0.3 is 12.0 Å². The number of aliphatic carboxylic acids is 1. The minimum absolute atomic E-state index is 0.273. The lowest BCUT2D eigenvalue weighted by molar-refractivity contribution is -0.150. The van der Waals surface area contributed by atoms with Crippen molar-refractivity contribution in [2.24, 2.45) is 0 Å². The molecule has 2 unspecified atom stereocenters. The van der Waals surface area contributed by atoms with E-state index in [1.165, 1.54) is 9.80 Å². The van der Waals surface area contributed by atoms with E-state index in [9.17, 15) is 19.8 Å². The van der Waals surface area contributed by atoms with Crippen molar-refractivity contribution in [2.75, 3.05) is 20.1 Å². The van der Waals surface area contributed by atoms with E-state index < -0.39 is 17.6 Å². The number of amides is 2. The molecule has 0 saturated carbocycles. The Bertz CT molecular complexity index is 346. The quantitative estimate of drug-likeness (QED) is 0.804. The summed E-state index contributed by atoms with van der Waals surface area (Å²) < 4.78 is 0. The average Bonchev–Trinajstić information content (AvgIpc) is 2.35. The van der Waals surface area contributed by atoms with Crippen LogP contribution in [0.5, 0.6) is 0 Å². The highest BCUT2D eigenvalue weighted by atomic mass is 16.4. The molecule has 110 valence electrons. The first-order chi connectivity index (χ1) is 8.79. The summed E-state index contributed by atoms with van der Waals surface area (Å²) in [5.41, 5.74) is -1.12. The van der Waals surface area contributed by atoms with E-state index in [1.807, 2.05) is 0 Å². The molecule has 1 saturated heterocycles. The van der Waals surface area contributed by atoms with Crippen LogP contribution >= 0.6 is 0 Å². The fraction of sp³-hybridized carbons (Fsp3) is 0.846. The number of hydrogen-bond donors (Lipinski definition) is 2. The number of carbonyl (C=O) groups is 2. The van der Waals surface area contributed by atoms with Crippen LogP contribution in [0.15, 0.2) is 0 Å². The number of aliphatic hydroxyl groups is 1. The highest BCUT2D eigenvalue weighted by Crippen LogP contribution is 2.29. The van der Waals surface area contributed by atoms with Crippen LogP contribution in [-0.4, -0.2) is 63.8 Å². The summed E-state index contributed by atoms with van der Waals surface area (Å²) in [7, 11) is 1.64. The molecular weight excluding hydrogens is 248 g/mol. The summed E-state index contributed by atoms with van der Waals surface area (Å²) in [4.78, 5) is 26.7. The molecule has 0 aromatic carbocycles. The van der Waals surface area contributed by atoms with E-state index >= 15 is 0 Å². The van der Waals surface area contributed by atoms with Gasteiger partial charge in [0.1, 0.15) is 5.54 Å². The van der Waals surface area contributed by atoms with Crippen LogP contribution in [0.3, 0.4) is 0 Å². The molecule has 1 heterocycles. The monoisotopic (exact) mass is 272 g/mol. The lowest BCUT2D eigenvalue weighted by atomic mass is 9.89. The number of aliphatic hydroxyl groups excluding tert-OH is 1. The Morgan fingerprint density at radius 2 is 2.05 bits per heavy atom. The molecule has 2 N–H and O–H groups in total. The zero-order valence-corrected chi connectivity index (χ0v) is 11.9. The van der Waals surface area contributed by atoms with Crippen molar-refractivity contribution in [3.63, 3.8) is 0 Å². The third kappa shape index (κ3) is 3.59. The Labute approximate surface area is 114 Å². The molecule has 1 rings (SSSR count). The smallest absolute Gasteiger partial charge is 0.329 e. The van der Waals surface area contributed by atoms with Gasteiger partial charge in [0.2, 0.25) is 0 Å². The summed E-state index contributed by atoms with van der Waals surface area (Å²) >= 11 is 0. The second-order valence-electron chi connectivity index (χ2n) is 5.53. The van der Waals surface area contributed by atoms with Gasteiger partial charge in [-0.05, 0) is 39.5 Å². The van der Waals surface area contributed by atoms with Crippen LogP contribution in [0.1, 0.15) is 39.5 Å². The molecule has 0 aromatic rings. The number of carboxylic acids is 1. The number of nitrogens with zero attached hydrogens (tertiary/aromatic N) is 2. The Morgan fingerprint density at radius 1 is 1.42 bits per heavy atom. The van der Waals surface area contributed by atoms with E-state index in [0.29, 0.717) is 25.9 Å². The Hall–Kier alpha value is -1.30. The van der Waals surface area contributed by atoms with Crippen LogP contribution in [0.2, 0.25) is 0 Å². The normalized spacial score (nSPS) is 24.9. The van der Waals surface area contributed by atoms with Gasteiger partial charge in [0.15, 0.2) is 0 Å². The summed E-state index contributed by atoms with van der Waals surface area (Å²) in [6.07, 6.45) is 2.16. The minimum atomic E-state index is -1.12. The highest BCUT2D eigenvalue weighted by molar-refractivity contribution is 5.86. The van der Waals surface area contributed by atoms with Crippen molar-refractivity contribution < 1.29 is 19.8 Å². The molecule has 6 nitrogen and oxygen atoms in total. The first-order valence-electron chi connectivity index (χ1n) is 6.73. The molecule has 19 heavy (non-hydrogen) atoms. The molecule has 2 atom stereocenters. The molecule has 2 amide bonds. The van der Waals surface area contributed by atoms with Crippen molar-refractivity contribution in [1.29, 1.82) is 0 Å². The number of urea groups is 1. The molecule has 1 fully saturated rings. The van der Waals surface area contributed by atoms with Crippen molar-refractivity contribution in [2.45, 2.75) is 51.2 Å². The zero-order chi connectivity index (χ0) is 14.6. The second-order valence-corrected chi connectivity index (χ2v) is 5.53. The van der Waals surface area contributed by atoms with Crippen LogP contribution in [-0.2, 0) is 4.79 Å². The van der Waals surface area contributed by atoms with Gasteiger partial charge in [-0.15, -0.1) is 0 Å². The predicted molar refractivity (Wildman–Crippen MR) is 70.9 cm³/mol. The van der Waals surface area contributed by atoms with Crippen LogP contribution in [0.4, 0.5) is 4.79 Å². The van der Waals surface area contributed by atoms with Gasteiger partial charge in [-0.3, -0.25) is 0 Å². The Balaban J connectivity index is 2.75. The molecule has 0 spiro atoms. The molecule has 1 aliphatic heterocycles. The second kappa shape index (κ2) is 6.23. The van der Waals surface area contributed by atoms with Crippen LogP contribution in [0, 0.1) is 0 Å². The average molecular weight is 272 g/mol. The zero-order valence-electron chi connectivity index (χ0n) is 11.9. The van der Waals surface area contributed by atoms with Gasteiger partial charge in [-0.25, -0.2) is 9.59 Å². The van der Waals surface area contributed by atoms with Crippen molar-refractivity contribution in [1.82, 2.24) is 9.80 Å². The fourth-order valence-electron chi connectivity index (χ4n) is 2.33. The molecule has 0 bridgehead atoms. The van der Waals surface area contributed by atoms with Gasteiger partial charge < -0.3 is 20.0 Å². The number of carboxylic acid groups (broad SMARTS) is 1. The van der Waals surface area contributed by atoms with E-state index in [1.54, 1.807) is 20.9 Å². The number of carbonyl (C=O) groups excluding carboxylic acids is 1. The number of hydrogen-bond acceptors (Lipinski definition) is 3. The molecular formula is C13H24N2O4. The van der Waals surface area contributed by atoms with Crippen LogP contribution in [0.25, 0.3) is 0 Å². The first kappa shape index (κ1) is 15.8. The molecule has 6 heteroatoms. The fourth-order valence-corrected chi connectivity index (χ4v) is 2.33. The summed E-state index contributed by atoms with van der Waals surface area (Å²) in [5.74, 6) is -0.954. The standard InChI is InChI=1S/C13H24N2O4/c1-10(16)6-9-14(3)12(19)15-8-5-4-7-13(15,2)11(17)18/h10,16H,4-9H2,1-3H3,(H,17,18). The van der Waals surface area contributed by atoms with Gasteiger partial charge in [-0.2, -0.15) is 0 Å². The summed E-state index contributed by atoms with van der Waals surface area (Å²) in [6.45, 7) is 4.17. The van der Waals surface area contributed by atoms with Gasteiger partial charge in [-0.1, -0.05) is 0 Å². The lowest BCUT2D eigenvalue weighted by Crippen LogP contribution is -2.60. The van der Waals surface area contributed by atoms with Gasteiger partial charge in [0.05, 0.1) is 6.10 Å². The van der Waals surface area contributed by atoms with Gasteiger partial charge in [0.25, 0.3) is 0 Å². The minimum Gasteiger partial charge on any atom is -0.480 e. The summed E-state index contributed by atoms with van der Waals surface area (Å²) in [5, 5.41) is 18.6. The topological polar surface area (TPSA) is 81.1 Å². The molecule has 0 aromatic heterocycles. The number of likely N-dealkylation sites (tertiary alicyclic amines) is 1.